The molecule has 11 nitrogen and oxygen atoms in total. The summed E-state index contributed by atoms with van der Waals surface area (Å²) in [6.07, 6.45) is 6.29. The average Bonchev–Trinajstić information content (AvgIpc) is 3.42. The molecule has 4 N–H and O–H groups in total. The lowest BCUT2D eigenvalue weighted by Gasteiger charge is -2.32. The predicted molar refractivity (Wildman–Crippen MR) is 163 cm³/mol. The van der Waals surface area contributed by atoms with Gasteiger partial charge in [-0.25, -0.2) is 0 Å². The molecule has 2 aromatic carbocycles. The van der Waals surface area contributed by atoms with Crippen molar-refractivity contribution in [2.75, 3.05) is 51.5 Å². The Balaban J connectivity index is 1.27. The number of carbonyl (C=O) groups excluding carboxylic acids is 3. The number of likely N-dealkylation sites (tertiary alicyclic amines) is 1. The molecule has 4 rings (SSSR count). The minimum atomic E-state index is -0.509. The molecule has 12 heteroatoms. The summed E-state index contributed by atoms with van der Waals surface area (Å²) >= 11 is 6.22. The number of methoxy groups -OCH3 is 1. The summed E-state index contributed by atoms with van der Waals surface area (Å²) in [5.74, 6) is -0.694. The number of benzene rings is 2. The predicted octanol–water partition coefficient (Wildman–Crippen LogP) is 3.77. The van der Waals surface area contributed by atoms with Gasteiger partial charge in [0.1, 0.15) is 17.0 Å². The van der Waals surface area contributed by atoms with Gasteiger partial charge in [0.25, 0.3) is 11.8 Å². The van der Waals surface area contributed by atoms with Crippen molar-refractivity contribution in [1.29, 1.82) is 0 Å². The molecule has 222 valence electrons. The third kappa shape index (κ3) is 8.41. The van der Waals surface area contributed by atoms with E-state index in [1.54, 1.807) is 24.3 Å². The van der Waals surface area contributed by atoms with Crippen molar-refractivity contribution in [2.45, 2.75) is 25.4 Å². The van der Waals surface area contributed by atoms with Crippen LogP contribution in [-0.4, -0.2) is 84.6 Å². The minimum absolute atomic E-state index is 0.0242. The Bertz CT molecular complexity index is 1430. The van der Waals surface area contributed by atoms with Gasteiger partial charge in [-0.1, -0.05) is 35.9 Å². The number of likely N-dealkylation sites (N-methyl/N-ethyl adjacent to an activating group) is 1. The molecule has 0 atom stereocenters. The largest absolute Gasteiger partial charge is 0.496 e. The van der Waals surface area contributed by atoms with E-state index in [9.17, 15) is 14.4 Å². The highest BCUT2D eigenvalue weighted by Gasteiger charge is 2.25. The van der Waals surface area contributed by atoms with E-state index in [0.29, 0.717) is 12.3 Å². The zero-order chi connectivity index (χ0) is 30.1. The van der Waals surface area contributed by atoms with E-state index in [1.807, 2.05) is 49.3 Å². The molecule has 42 heavy (non-hydrogen) atoms. The van der Waals surface area contributed by atoms with E-state index in [4.69, 9.17) is 16.3 Å². The van der Waals surface area contributed by atoms with E-state index in [-0.39, 0.29) is 39.8 Å². The third-order valence-corrected chi connectivity index (χ3v) is 7.12. The Labute approximate surface area is 250 Å². The quantitative estimate of drug-likeness (QED) is 0.249. The normalized spacial score (nSPS) is 14.2. The fourth-order valence-corrected chi connectivity index (χ4v) is 4.94. The number of H-pyrrole nitrogens is 1. The van der Waals surface area contributed by atoms with Crippen molar-refractivity contribution >= 4 is 40.7 Å². The molecule has 1 fully saturated rings. The lowest BCUT2D eigenvalue weighted by molar-refractivity contribution is -0.111. The highest BCUT2D eigenvalue weighted by molar-refractivity contribution is 6.35. The lowest BCUT2D eigenvalue weighted by atomic mass is 10.0. The van der Waals surface area contributed by atoms with Gasteiger partial charge in [0.2, 0.25) is 5.91 Å². The van der Waals surface area contributed by atoms with Crippen molar-refractivity contribution in [3.63, 3.8) is 0 Å². The first-order chi connectivity index (χ1) is 20.2. The fraction of sp³-hybridized carbons (Fsp3) is 0.333. The van der Waals surface area contributed by atoms with Crippen LogP contribution in [0.3, 0.4) is 0 Å². The van der Waals surface area contributed by atoms with Crippen LogP contribution in [0.5, 0.6) is 5.75 Å². The van der Waals surface area contributed by atoms with Crippen LogP contribution in [0, 0.1) is 0 Å². The van der Waals surface area contributed by atoms with Gasteiger partial charge in [-0.2, -0.15) is 5.10 Å². The molecule has 0 unspecified atom stereocenters. The van der Waals surface area contributed by atoms with E-state index >= 15 is 0 Å². The molecule has 1 aliphatic heterocycles. The second-order valence-electron chi connectivity index (χ2n) is 10.3. The Morgan fingerprint density at radius 2 is 1.88 bits per heavy atom. The second kappa shape index (κ2) is 14.6. The highest BCUT2D eigenvalue weighted by atomic mass is 35.5. The SMILES string of the molecule is COc1cccc(Cl)c1C(=O)Nc1cn[nH]c1C(=O)NC1CCN(Cc2cccc(NC(=O)/C=C/CN(C)C)c2)CC1. The van der Waals surface area contributed by atoms with E-state index in [2.05, 4.69) is 31.0 Å². The van der Waals surface area contributed by atoms with Crippen LogP contribution in [0.4, 0.5) is 11.4 Å². The van der Waals surface area contributed by atoms with Gasteiger partial charge in [0, 0.05) is 44.0 Å². The number of amides is 3. The summed E-state index contributed by atoms with van der Waals surface area (Å²) in [6, 6.07) is 12.7. The van der Waals surface area contributed by atoms with Crippen molar-refractivity contribution in [3.05, 3.63) is 82.7 Å². The number of carbonyl (C=O) groups is 3. The van der Waals surface area contributed by atoms with Crippen LogP contribution >= 0.6 is 11.6 Å². The molecule has 3 amide bonds. The first kappa shape index (κ1) is 30.8. The number of rotatable bonds is 11. The van der Waals surface area contributed by atoms with Crippen LogP contribution in [-0.2, 0) is 11.3 Å². The van der Waals surface area contributed by atoms with Crippen LogP contribution in [0.25, 0.3) is 0 Å². The number of piperidine rings is 1. The van der Waals surface area contributed by atoms with Gasteiger partial charge in [-0.15, -0.1) is 0 Å². The van der Waals surface area contributed by atoms with E-state index in [1.165, 1.54) is 13.3 Å². The number of ether oxygens (including phenoxy) is 1. The summed E-state index contributed by atoms with van der Waals surface area (Å²) in [5.41, 5.74) is 2.43. The number of aromatic amines is 1. The number of aromatic nitrogens is 2. The molecule has 0 radical (unpaired) electrons. The first-order valence-corrected chi connectivity index (χ1v) is 14.0. The Kier molecular flexibility index (Phi) is 10.7. The summed E-state index contributed by atoms with van der Waals surface area (Å²) in [7, 11) is 5.34. The Morgan fingerprint density at radius 3 is 2.62 bits per heavy atom. The second-order valence-corrected chi connectivity index (χ2v) is 10.7. The molecular formula is C30H36ClN7O4. The Morgan fingerprint density at radius 1 is 1.12 bits per heavy atom. The zero-order valence-electron chi connectivity index (χ0n) is 23.9. The molecule has 1 aromatic heterocycles. The highest BCUT2D eigenvalue weighted by Crippen LogP contribution is 2.27. The summed E-state index contributed by atoms with van der Waals surface area (Å²) in [4.78, 5) is 42.5. The monoisotopic (exact) mass is 593 g/mol. The van der Waals surface area contributed by atoms with Crippen LogP contribution in [0.1, 0.15) is 39.3 Å². The number of nitrogens with zero attached hydrogens (tertiary/aromatic N) is 3. The summed E-state index contributed by atoms with van der Waals surface area (Å²) < 4.78 is 5.26. The van der Waals surface area contributed by atoms with Crippen LogP contribution in [0.2, 0.25) is 5.02 Å². The summed E-state index contributed by atoms with van der Waals surface area (Å²) in [6.45, 7) is 3.03. The molecule has 1 saturated heterocycles. The molecule has 1 aliphatic rings. The smallest absolute Gasteiger partial charge is 0.271 e. The third-order valence-electron chi connectivity index (χ3n) is 6.80. The Hall–Kier alpha value is -4.19. The zero-order valence-corrected chi connectivity index (χ0v) is 24.7. The van der Waals surface area contributed by atoms with Crippen molar-refractivity contribution in [1.82, 2.24) is 25.3 Å². The molecule has 2 heterocycles. The average molecular weight is 594 g/mol. The number of anilines is 2. The molecule has 0 bridgehead atoms. The molecule has 3 aromatic rings. The van der Waals surface area contributed by atoms with Crippen LogP contribution in [0.15, 0.2) is 60.8 Å². The number of halogens is 1. The standard InChI is InChI=1S/C30H36ClN7O4/c1-37(2)14-6-11-26(39)33-22-8-4-7-20(17-22)19-38-15-12-21(13-16-38)34-30(41)28-24(18-32-36-28)35-29(40)27-23(31)9-5-10-25(27)42-3/h4-11,17-18,21H,12-16,19H2,1-3H3,(H,32,36)(H,33,39)(H,34,41)(H,35,40)/b11-6+. The van der Waals surface area contributed by atoms with Gasteiger partial charge in [0.05, 0.1) is 24.0 Å². The molecule has 0 saturated carbocycles. The molecule has 0 aliphatic carbocycles. The minimum Gasteiger partial charge on any atom is -0.496 e. The van der Waals surface area contributed by atoms with Crippen molar-refractivity contribution in [2.24, 2.45) is 0 Å². The molecule has 0 spiro atoms. The van der Waals surface area contributed by atoms with Crippen molar-refractivity contribution in [3.8, 4) is 5.75 Å². The van der Waals surface area contributed by atoms with Crippen LogP contribution < -0.4 is 20.7 Å². The number of hydrogen-bond acceptors (Lipinski definition) is 7. The maximum atomic E-state index is 13.1. The lowest BCUT2D eigenvalue weighted by Crippen LogP contribution is -2.44. The fourth-order valence-electron chi connectivity index (χ4n) is 4.69. The van der Waals surface area contributed by atoms with Crippen molar-refractivity contribution < 1.29 is 19.1 Å². The van der Waals surface area contributed by atoms with E-state index in [0.717, 1.165) is 43.7 Å². The van der Waals surface area contributed by atoms with E-state index < -0.39 is 5.91 Å². The maximum Gasteiger partial charge on any atom is 0.271 e. The first-order valence-electron chi connectivity index (χ1n) is 13.6. The maximum absolute atomic E-state index is 13.1. The van der Waals surface area contributed by atoms with Gasteiger partial charge >= 0.3 is 0 Å². The van der Waals surface area contributed by atoms with Gasteiger partial charge in [0.15, 0.2) is 0 Å². The molecular weight excluding hydrogens is 558 g/mol. The topological polar surface area (TPSA) is 132 Å². The van der Waals surface area contributed by atoms with Gasteiger partial charge in [-0.3, -0.25) is 24.4 Å². The van der Waals surface area contributed by atoms with Gasteiger partial charge < -0.3 is 25.6 Å². The number of hydrogen-bond donors (Lipinski definition) is 4. The van der Waals surface area contributed by atoms with Gasteiger partial charge in [-0.05, 0) is 56.8 Å². The number of nitrogens with one attached hydrogen (secondary N) is 4. The summed E-state index contributed by atoms with van der Waals surface area (Å²) in [5, 5.41) is 15.5.